The van der Waals surface area contributed by atoms with E-state index >= 15 is 0 Å². The molecule has 0 bridgehead atoms. The first-order valence-corrected chi connectivity index (χ1v) is 7.92. The summed E-state index contributed by atoms with van der Waals surface area (Å²) in [6.45, 7) is 0. The molecule has 3 nitrogen and oxygen atoms in total. The van der Waals surface area contributed by atoms with Crippen LogP contribution in [-0.4, -0.2) is 36.0 Å². The van der Waals surface area contributed by atoms with Crippen molar-refractivity contribution < 1.29 is 4.79 Å². The summed E-state index contributed by atoms with van der Waals surface area (Å²) in [5, 5.41) is 7.10. The summed E-state index contributed by atoms with van der Waals surface area (Å²) in [5.41, 5.74) is 0. The average Bonchev–Trinajstić information content (AvgIpc) is 3.12. The molecule has 17 heavy (non-hydrogen) atoms. The molecule has 0 radical (unpaired) electrons. The third-order valence-electron chi connectivity index (χ3n) is 3.69. The number of rotatable bonds is 5. The lowest BCUT2D eigenvalue weighted by atomic mass is 10.1. The molecule has 0 aromatic heterocycles. The first-order chi connectivity index (χ1) is 8.29. The van der Waals surface area contributed by atoms with Crippen molar-refractivity contribution in [1.29, 1.82) is 0 Å². The number of hydrogen-bond donors (Lipinski definition) is 2. The summed E-state index contributed by atoms with van der Waals surface area (Å²) in [4.78, 5) is 11.7. The minimum atomic E-state index is 0.233. The van der Waals surface area contributed by atoms with Crippen LogP contribution in [0.15, 0.2) is 0 Å². The normalized spacial score (nSPS) is 29.7. The Labute approximate surface area is 108 Å². The van der Waals surface area contributed by atoms with Crippen LogP contribution in [0.4, 0.5) is 0 Å². The molecule has 0 saturated heterocycles. The van der Waals surface area contributed by atoms with Crippen molar-refractivity contribution in [2.45, 2.75) is 62.3 Å². The summed E-state index contributed by atoms with van der Waals surface area (Å²) < 4.78 is 0. The average molecular weight is 256 g/mol. The zero-order valence-electron chi connectivity index (χ0n) is 10.7. The van der Waals surface area contributed by atoms with Gasteiger partial charge >= 0.3 is 0 Å². The van der Waals surface area contributed by atoms with Gasteiger partial charge in [-0.3, -0.25) is 4.79 Å². The molecule has 0 spiro atoms. The summed E-state index contributed by atoms with van der Waals surface area (Å²) in [5.74, 6) is 0.871. The molecule has 0 aromatic carbocycles. The quantitative estimate of drug-likeness (QED) is 0.738. The van der Waals surface area contributed by atoms with E-state index in [0.717, 1.165) is 0 Å². The van der Waals surface area contributed by atoms with Crippen molar-refractivity contribution in [3.05, 3.63) is 0 Å². The monoisotopic (exact) mass is 256 g/mol. The van der Waals surface area contributed by atoms with Crippen LogP contribution in [0.2, 0.25) is 0 Å². The predicted octanol–water partition coefficient (Wildman–Crippen LogP) is 1.92. The largest absolute Gasteiger partial charge is 0.353 e. The lowest BCUT2D eigenvalue weighted by molar-refractivity contribution is -0.118. The topological polar surface area (TPSA) is 41.1 Å². The van der Waals surface area contributed by atoms with Crippen molar-refractivity contribution in [2.24, 2.45) is 0 Å². The van der Waals surface area contributed by atoms with Gasteiger partial charge in [0.1, 0.15) is 0 Å². The maximum Gasteiger partial charge on any atom is 0.230 e. The summed E-state index contributed by atoms with van der Waals surface area (Å²) in [6.07, 6.45) is 8.88. The Bertz CT molecular complexity index is 256. The van der Waals surface area contributed by atoms with Crippen molar-refractivity contribution in [1.82, 2.24) is 10.6 Å². The molecule has 2 aliphatic carbocycles. The fraction of sp³-hybridized carbons (Fsp3) is 0.923. The number of hydrogen-bond acceptors (Lipinski definition) is 3. The molecule has 0 heterocycles. The van der Waals surface area contributed by atoms with Crippen LogP contribution in [0.5, 0.6) is 0 Å². The van der Waals surface area contributed by atoms with Gasteiger partial charge in [0.2, 0.25) is 5.91 Å². The van der Waals surface area contributed by atoms with E-state index in [1.807, 2.05) is 18.8 Å². The highest BCUT2D eigenvalue weighted by atomic mass is 32.2. The van der Waals surface area contributed by atoms with Gasteiger partial charge in [-0.1, -0.05) is 19.3 Å². The zero-order valence-corrected chi connectivity index (χ0v) is 11.5. The molecular weight excluding hydrogens is 232 g/mol. The molecule has 2 rings (SSSR count). The standard InChI is InChI=1S/C13H24N2OS/c1-14-11-5-3-2-4-6-12(11)17-9-13(16)15-10-7-8-10/h10-12,14H,2-9H2,1H3,(H,15,16). The molecular formula is C13H24N2OS. The van der Waals surface area contributed by atoms with E-state index in [4.69, 9.17) is 0 Å². The fourth-order valence-electron chi connectivity index (χ4n) is 2.48. The number of carbonyl (C=O) groups is 1. The van der Waals surface area contributed by atoms with Gasteiger partial charge < -0.3 is 10.6 Å². The Morgan fingerprint density at radius 3 is 2.65 bits per heavy atom. The minimum Gasteiger partial charge on any atom is -0.353 e. The van der Waals surface area contributed by atoms with Gasteiger partial charge in [-0.05, 0) is 32.7 Å². The maximum atomic E-state index is 11.7. The first kappa shape index (κ1) is 13.2. The SMILES string of the molecule is CNC1CCCCCC1SCC(=O)NC1CC1. The summed E-state index contributed by atoms with van der Waals surface area (Å²) >= 11 is 1.85. The second-order valence-electron chi connectivity index (χ2n) is 5.22. The van der Waals surface area contributed by atoms with Crippen molar-refractivity contribution in [3.63, 3.8) is 0 Å². The number of amides is 1. The molecule has 2 N–H and O–H groups in total. The molecule has 2 saturated carbocycles. The second kappa shape index (κ2) is 6.64. The van der Waals surface area contributed by atoms with Crippen LogP contribution in [0, 0.1) is 0 Å². The van der Waals surface area contributed by atoms with Crippen molar-refractivity contribution >= 4 is 17.7 Å². The zero-order chi connectivity index (χ0) is 12.1. The van der Waals surface area contributed by atoms with Crippen LogP contribution in [0.25, 0.3) is 0 Å². The molecule has 2 fully saturated rings. The number of thioether (sulfide) groups is 1. The Balaban J connectivity index is 1.72. The maximum absolute atomic E-state index is 11.7. The van der Waals surface area contributed by atoms with Crippen LogP contribution in [0.3, 0.4) is 0 Å². The van der Waals surface area contributed by atoms with E-state index in [9.17, 15) is 4.79 Å². The Morgan fingerprint density at radius 2 is 1.94 bits per heavy atom. The predicted molar refractivity (Wildman–Crippen MR) is 73.3 cm³/mol. The van der Waals surface area contributed by atoms with Gasteiger partial charge in [0.05, 0.1) is 5.75 Å². The highest BCUT2D eigenvalue weighted by molar-refractivity contribution is 8.00. The Hall–Kier alpha value is -0.220. The van der Waals surface area contributed by atoms with E-state index in [0.29, 0.717) is 23.1 Å². The molecule has 1 amide bonds. The van der Waals surface area contributed by atoms with Crippen LogP contribution in [-0.2, 0) is 4.79 Å². The van der Waals surface area contributed by atoms with Crippen molar-refractivity contribution in [2.75, 3.05) is 12.8 Å². The van der Waals surface area contributed by atoms with Gasteiger partial charge in [-0.25, -0.2) is 0 Å². The van der Waals surface area contributed by atoms with Gasteiger partial charge in [0.25, 0.3) is 0 Å². The van der Waals surface area contributed by atoms with E-state index < -0.39 is 0 Å². The third kappa shape index (κ3) is 4.51. The smallest absolute Gasteiger partial charge is 0.230 e. The molecule has 4 heteroatoms. The van der Waals surface area contributed by atoms with Gasteiger partial charge in [-0.15, -0.1) is 11.8 Å². The van der Waals surface area contributed by atoms with Crippen LogP contribution >= 0.6 is 11.8 Å². The fourth-order valence-corrected chi connectivity index (χ4v) is 3.77. The van der Waals surface area contributed by atoms with E-state index in [2.05, 4.69) is 10.6 Å². The van der Waals surface area contributed by atoms with Crippen LogP contribution < -0.4 is 10.6 Å². The number of carbonyl (C=O) groups excluding carboxylic acids is 1. The Morgan fingerprint density at radius 1 is 1.18 bits per heavy atom. The van der Waals surface area contributed by atoms with Crippen LogP contribution in [0.1, 0.15) is 44.9 Å². The van der Waals surface area contributed by atoms with Gasteiger partial charge in [0.15, 0.2) is 0 Å². The van der Waals surface area contributed by atoms with E-state index in [1.54, 1.807) is 0 Å². The Kier molecular flexibility index (Phi) is 5.16. The molecule has 2 atom stereocenters. The summed E-state index contributed by atoms with van der Waals surface area (Å²) in [6, 6.07) is 1.09. The minimum absolute atomic E-state index is 0.233. The lowest BCUT2D eigenvalue weighted by Crippen LogP contribution is -2.36. The highest BCUT2D eigenvalue weighted by Gasteiger charge is 2.26. The molecule has 2 aliphatic rings. The van der Waals surface area contributed by atoms with Gasteiger partial charge in [0, 0.05) is 17.3 Å². The third-order valence-corrected chi connectivity index (χ3v) is 5.12. The molecule has 98 valence electrons. The molecule has 0 aliphatic heterocycles. The second-order valence-corrected chi connectivity index (χ2v) is 6.45. The summed E-state index contributed by atoms with van der Waals surface area (Å²) in [7, 11) is 2.05. The van der Waals surface area contributed by atoms with Crippen molar-refractivity contribution in [3.8, 4) is 0 Å². The lowest BCUT2D eigenvalue weighted by Gasteiger charge is -2.23. The molecule has 2 unspecified atom stereocenters. The first-order valence-electron chi connectivity index (χ1n) is 6.88. The molecule has 0 aromatic rings. The number of nitrogens with one attached hydrogen (secondary N) is 2. The van der Waals surface area contributed by atoms with Gasteiger partial charge in [-0.2, -0.15) is 0 Å². The highest BCUT2D eigenvalue weighted by Crippen LogP contribution is 2.28. The van der Waals surface area contributed by atoms with E-state index in [-0.39, 0.29) is 5.91 Å². The van der Waals surface area contributed by atoms with E-state index in [1.165, 1.54) is 44.9 Å².